The molecule has 0 atom stereocenters. The molecular weight excluding hydrogens is 202 g/mol. The Hall–Kier alpha value is -1.59. The van der Waals surface area contributed by atoms with Crippen molar-refractivity contribution in [3.63, 3.8) is 0 Å². The van der Waals surface area contributed by atoms with Crippen LogP contribution < -0.4 is 17.1 Å². The van der Waals surface area contributed by atoms with E-state index in [1.54, 1.807) is 0 Å². The van der Waals surface area contributed by atoms with Crippen LogP contribution >= 0.6 is 0 Å². The normalized spacial score (nSPS) is 17.0. The zero-order chi connectivity index (χ0) is 11.5. The van der Waals surface area contributed by atoms with Gasteiger partial charge in [-0.1, -0.05) is 12.1 Å². The van der Waals surface area contributed by atoms with E-state index in [1.165, 1.54) is 11.1 Å². The van der Waals surface area contributed by atoms with Gasteiger partial charge in [0.15, 0.2) is 5.84 Å². The predicted molar refractivity (Wildman–Crippen MR) is 66.6 cm³/mol. The molecule has 5 N–H and O–H groups in total. The molecule has 0 radical (unpaired) electrons. The van der Waals surface area contributed by atoms with Crippen LogP contribution in [0.15, 0.2) is 23.3 Å². The molecule has 0 unspecified atom stereocenters. The number of nitrogens with two attached hydrogens (primary N) is 2. The van der Waals surface area contributed by atoms with Gasteiger partial charge in [-0.25, -0.2) is 5.84 Å². The summed E-state index contributed by atoms with van der Waals surface area (Å²) in [7, 11) is 2.13. The summed E-state index contributed by atoms with van der Waals surface area (Å²) < 4.78 is 0. The molecule has 0 fully saturated rings. The van der Waals surface area contributed by atoms with Crippen molar-refractivity contribution in [1.82, 2.24) is 10.3 Å². The largest absolute Gasteiger partial charge is 0.321 e. The van der Waals surface area contributed by atoms with Gasteiger partial charge in [-0.15, -0.1) is 0 Å². The first-order valence-corrected chi connectivity index (χ1v) is 5.30. The van der Waals surface area contributed by atoms with Gasteiger partial charge in [0, 0.05) is 20.1 Å². The van der Waals surface area contributed by atoms with E-state index in [0.717, 1.165) is 25.1 Å². The molecule has 0 amide bonds. The molecule has 0 saturated heterocycles. The monoisotopic (exact) mass is 221 g/mol. The summed E-state index contributed by atoms with van der Waals surface area (Å²) in [5, 5.41) is 3.61. The van der Waals surface area contributed by atoms with Crippen molar-refractivity contribution in [2.75, 3.05) is 13.6 Å². The van der Waals surface area contributed by atoms with Crippen LogP contribution in [0.4, 0.5) is 0 Å². The minimum Gasteiger partial charge on any atom is -0.321 e. The van der Waals surface area contributed by atoms with E-state index >= 15 is 0 Å². The van der Waals surface area contributed by atoms with Crippen molar-refractivity contribution in [3.8, 4) is 0 Å². The van der Waals surface area contributed by atoms with Gasteiger partial charge in [-0.2, -0.15) is 5.10 Å². The molecule has 16 heavy (non-hydrogen) atoms. The molecule has 1 aromatic carbocycles. The molecule has 0 bridgehead atoms. The van der Waals surface area contributed by atoms with Crippen molar-refractivity contribution < 1.29 is 1.43 Å². The summed E-state index contributed by atoms with van der Waals surface area (Å²) in [6, 6.07) is 6.21. The molecule has 0 spiro atoms. The van der Waals surface area contributed by atoms with E-state index in [0.29, 0.717) is 5.84 Å². The standard InChI is InChI=1S/C11H17N5.H2/c1-16-5-4-8-6-9(11(14-12)15-13)2-3-10(8)7-16;/h2-3,6H,4-5,7,12-13H2,1H3,(H,14,15);1H. The Morgan fingerprint density at radius 1 is 1.50 bits per heavy atom. The van der Waals surface area contributed by atoms with Crippen LogP contribution in [-0.4, -0.2) is 24.3 Å². The molecule has 0 aromatic heterocycles. The van der Waals surface area contributed by atoms with Gasteiger partial charge in [0.05, 0.1) is 0 Å². The second-order valence-corrected chi connectivity index (χ2v) is 4.09. The fourth-order valence-corrected chi connectivity index (χ4v) is 2.04. The fourth-order valence-electron chi connectivity index (χ4n) is 2.04. The number of hydrazine groups is 1. The predicted octanol–water partition coefficient (Wildman–Crippen LogP) is 0.00410. The van der Waals surface area contributed by atoms with E-state index in [1.807, 2.05) is 6.07 Å². The lowest BCUT2D eigenvalue weighted by Gasteiger charge is -2.25. The lowest BCUT2D eigenvalue weighted by molar-refractivity contribution is 0.313. The molecule has 5 heteroatoms. The molecular formula is C11H19N5. The van der Waals surface area contributed by atoms with Crippen LogP contribution in [-0.2, 0) is 13.0 Å². The van der Waals surface area contributed by atoms with E-state index in [2.05, 4.69) is 34.6 Å². The van der Waals surface area contributed by atoms with Gasteiger partial charge in [0.1, 0.15) is 0 Å². The summed E-state index contributed by atoms with van der Waals surface area (Å²) in [4.78, 5) is 2.31. The first-order chi connectivity index (χ1) is 7.74. The van der Waals surface area contributed by atoms with Gasteiger partial charge < -0.3 is 16.2 Å². The maximum Gasteiger partial charge on any atom is 0.166 e. The van der Waals surface area contributed by atoms with Crippen LogP contribution in [0, 0.1) is 0 Å². The summed E-state index contributed by atoms with van der Waals surface area (Å²) in [5.74, 6) is 11.1. The topological polar surface area (TPSA) is 79.7 Å². The van der Waals surface area contributed by atoms with E-state index < -0.39 is 0 Å². The Kier molecular flexibility index (Phi) is 3.07. The Labute approximate surface area is 96.6 Å². The SMILES string of the molecule is CN1CCc2cc(/C(=N/N)NN)ccc2C1.[HH]. The Bertz CT molecular complexity index is 418. The minimum atomic E-state index is 0. The van der Waals surface area contributed by atoms with Gasteiger partial charge in [-0.05, 0) is 30.7 Å². The van der Waals surface area contributed by atoms with Gasteiger partial charge in [0.2, 0.25) is 0 Å². The Balaban J connectivity index is 0.00000144. The summed E-state index contributed by atoms with van der Waals surface area (Å²) in [5.41, 5.74) is 6.16. The smallest absolute Gasteiger partial charge is 0.166 e. The van der Waals surface area contributed by atoms with Gasteiger partial charge >= 0.3 is 0 Å². The fraction of sp³-hybridized carbons (Fsp3) is 0.364. The average Bonchev–Trinajstić information content (AvgIpc) is 2.31. The molecule has 5 nitrogen and oxygen atoms in total. The molecule has 88 valence electrons. The number of fused-ring (bicyclic) bond motifs is 1. The van der Waals surface area contributed by atoms with Crippen molar-refractivity contribution in [2.24, 2.45) is 16.8 Å². The van der Waals surface area contributed by atoms with E-state index in [4.69, 9.17) is 11.7 Å². The first-order valence-electron chi connectivity index (χ1n) is 5.30. The highest BCUT2D eigenvalue weighted by molar-refractivity contribution is 5.98. The molecule has 1 aliphatic heterocycles. The Morgan fingerprint density at radius 2 is 2.31 bits per heavy atom. The second kappa shape index (κ2) is 4.51. The number of rotatable bonds is 1. The van der Waals surface area contributed by atoms with Crippen LogP contribution in [0.25, 0.3) is 0 Å². The minimum absolute atomic E-state index is 0. The van der Waals surface area contributed by atoms with Crippen molar-refractivity contribution in [2.45, 2.75) is 13.0 Å². The summed E-state index contributed by atoms with van der Waals surface area (Å²) in [6.45, 7) is 2.09. The summed E-state index contributed by atoms with van der Waals surface area (Å²) in [6.07, 6.45) is 1.06. The third-order valence-electron chi connectivity index (χ3n) is 2.95. The third kappa shape index (κ3) is 2.00. The quantitative estimate of drug-likeness (QED) is 0.270. The summed E-state index contributed by atoms with van der Waals surface area (Å²) >= 11 is 0. The lowest BCUT2D eigenvalue weighted by atomic mass is 9.97. The lowest BCUT2D eigenvalue weighted by Crippen LogP contribution is -2.32. The van der Waals surface area contributed by atoms with Crippen molar-refractivity contribution in [3.05, 3.63) is 34.9 Å². The van der Waals surface area contributed by atoms with E-state index in [-0.39, 0.29) is 1.43 Å². The van der Waals surface area contributed by atoms with Crippen molar-refractivity contribution >= 4 is 5.84 Å². The number of likely N-dealkylation sites (N-methyl/N-ethyl adjacent to an activating group) is 1. The Morgan fingerprint density at radius 3 is 3.00 bits per heavy atom. The molecule has 1 heterocycles. The maximum atomic E-state index is 5.34. The number of nitrogens with zero attached hydrogens (tertiary/aromatic N) is 2. The average molecular weight is 221 g/mol. The molecule has 2 rings (SSSR count). The highest BCUT2D eigenvalue weighted by Crippen LogP contribution is 2.19. The second-order valence-electron chi connectivity index (χ2n) is 4.09. The highest BCUT2D eigenvalue weighted by Gasteiger charge is 2.14. The van der Waals surface area contributed by atoms with Crippen LogP contribution in [0.3, 0.4) is 0 Å². The van der Waals surface area contributed by atoms with E-state index in [9.17, 15) is 0 Å². The zero-order valence-electron chi connectivity index (χ0n) is 9.40. The van der Waals surface area contributed by atoms with Crippen LogP contribution in [0.2, 0.25) is 0 Å². The van der Waals surface area contributed by atoms with Crippen LogP contribution in [0.5, 0.6) is 0 Å². The van der Waals surface area contributed by atoms with Crippen LogP contribution in [0.1, 0.15) is 18.1 Å². The molecule has 1 aliphatic rings. The first kappa shape index (κ1) is 10.9. The number of benzene rings is 1. The molecule has 0 aliphatic carbocycles. The highest BCUT2D eigenvalue weighted by atomic mass is 15.3. The number of nitrogens with one attached hydrogen (secondary N) is 1. The maximum absolute atomic E-state index is 5.34. The van der Waals surface area contributed by atoms with Gasteiger partial charge in [0.25, 0.3) is 0 Å². The van der Waals surface area contributed by atoms with Gasteiger partial charge in [-0.3, -0.25) is 0 Å². The zero-order valence-corrected chi connectivity index (χ0v) is 9.40. The number of hydrogen-bond acceptors (Lipinski definition) is 4. The van der Waals surface area contributed by atoms with Crippen molar-refractivity contribution in [1.29, 1.82) is 0 Å². The molecule has 0 saturated carbocycles. The number of hydrazone groups is 1. The molecule has 1 aromatic rings. The number of amidine groups is 1. The third-order valence-corrected chi connectivity index (χ3v) is 2.95. The number of hydrogen-bond donors (Lipinski definition) is 3.